The van der Waals surface area contributed by atoms with Crippen LogP contribution in [0.25, 0.3) is 0 Å². The third-order valence-corrected chi connectivity index (χ3v) is 2.77. The molecule has 0 spiro atoms. The summed E-state index contributed by atoms with van der Waals surface area (Å²) in [5, 5.41) is 32.6. The normalized spacial score (nSPS) is 9.70. The molecule has 2 rings (SSSR count). The van der Waals surface area contributed by atoms with Gasteiger partial charge >= 0.3 is 11.4 Å². The van der Waals surface area contributed by atoms with E-state index in [1.165, 1.54) is 18.3 Å². The van der Waals surface area contributed by atoms with Gasteiger partial charge in [0.05, 0.1) is 15.4 Å². The molecular formula is C13H7N5O5. The van der Waals surface area contributed by atoms with Crippen molar-refractivity contribution in [2.45, 2.75) is 0 Å². The second kappa shape index (κ2) is 6.27. The lowest BCUT2D eigenvalue weighted by Crippen LogP contribution is -2.13. The van der Waals surface area contributed by atoms with Gasteiger partial charge < -0.3 is 5.32 Å². The van der Waals surface area contributed by atoms with Crippen molar-refractivity contribution in [1.82, 2.24) is 4.98 Å². The van der Waals surface area contributed by atoms with Gasteiger partial charge in [-0.1, -0.05) is 0 Å². The summed E-state index contributed by atoms with van der Waals surface area (Å²) >= 11 is 0. The van der Waals surface area contributed by atoms with Crippen LogP contribution in [0.2, 0.25) is 0 Å². The molecular weight excluding hydrogens is 306 g/mol. The molecule has 1 N–H and O–H groups in total. The van der Waals surface area contributed by atoms with Crippen LogP contribution in [0.4, 0.5) is 17.2 Å². The highest BCUT2D eigenvalue weighted by molar-refractivity contribution is 6.04. The molecule has 1 amide bonds. The van der Waals surface area contributed by atoms with Gasteiger partial charge in [0, 0.05) is 23.9 Å². The number of rotatable bonds is 4. The Balaban J connectivity index is 2.28. The highest BCUT2D eigenvalue weighted by atomic mass is 16.6. The molecule has 0 saturated carbocycles. The Kier molecular flexibility index (Phi) is 4.23. The molecule has 0 aliphatic carbocycles. The molecule has 0 fully saturated rings. The molecule has 0 bridgehead atoms. The Morgan fingerprint density at radius 1 is 1.13 bits per heavy atom. The van der Waals surface area contributed by atoms with Gasteiger partial charge in [0.2, 0.25) is 0 Å². The summed E-state index contributed by atoms with van der Waals surface area (Å²) < 4.78 is 0. The minimum atomic E-state index is -0.936. The van der Waals surface area contributed by atoms with Crippen LogP contribution in [0.3, 0.4) is 0 Å². The number of hydrogen-bond donors (Lipinski definition) is 1. The summed E-state index contributed by atoms with van der Waals surface area (Å²) in [7, 11) is 0. The molecule has 10 nitrogen and oxygen atoms in total. The molecule has 0 aliphatic heterocycles. The molecule has 10 heteroatoms. The van der Waals surface area contributed by atoms with Gasteiger partial charge in [-0.2, -0.15) is 5.26 Å². The van der Waals surface area contributed by atoms with E-state index >= 15 is 0 Å². The number of carbonyl (C=O) groups excluding carboxylic acids is 1. The number of nitriles is 1. The average Bonchev–Trinajstić information content (AvgIpc) is 2.54. The van der Waals surface area contributed by atoms with E-state index in [0.717, 1.165) is 18.2 Å². The van der Waals surface area contributed by atoms with Crippen molar-refractivity contribution in [3.8, 4) is 6.07 Å². The Bertz CT molecular complexity index is 841. The van der Waals surface area contributed by atoms with Crippen LogP contribution in [0.1, 0.15) is 15.9 Å². The van der Waals surface area contributed by atoms with Crippen molar-refractivity contribution in [1.29, 1.82) is 5.26 Å². The van der Waals surface area contributed by atoms with E-state index in [1.807, 2.05) is 6.07 Å². The Labute approximate surface area is 128 Å². The number of pyridine rings is 1. The van der Waals surface area contributed by atoms with Gasteiger partial charge in [0.25, 0.3) is 5.91 Å². The lowest BCUT2D eigenvalue weighted by Gasteiger charge is -2.04. The van der Waals surface area contributed by atoms with Crippen LogP contribution in [0.5, 0.6) is 0 Å². The first kappa shape index (κ1) is 15.5. The zero-order chi connectivity index (χ0) is 17.0. The van der Waals surface area contributed by atoms with E-state index < -0.39 is 27.1 Å². The number of nitrogens with zero attached hydrogens (tertiary/aromatic N) is 4. The number of nitro benzene ring substituents is 2. The zero-order valence-corrected chi connectivity index (χ0v) is 11.3. The predicted octanol–water partition coefficient (Wildman–Crippen LogP) is 2.02. The fourth-order valence-electron chi connectivity index (χ4n) is 1.69. The number of carbonyl (C=O) groups is 1. The molecule has 0 atom stereocenters. The van der Waals surface area contributed by atoms with Crippen molar-refractivity contribution in [2.75, 3.05) is 5.32 Å². The predicted molar refractivity (Wildman–Crippen MR) is 76.7 cm³/mol. The van der Waals surface area contributed by atoms with Crippen molar-refractivity contribution in [3.63, 3.8) is 0 Å². The van der Waals surface area contributed by atoms with E-state index in [1.54, 1.807) is 0 Å². The van der Waals surface area contributed by atoms with Crippen LogP contribution in [-0.4, -0.2) is 20.7 Å². The number of amides is 1. The lowest BCUT2D eigenvalue weighted by molar-refractivity contribution is -0.422. The monoisotopic (exact) mass is 313 g/mol. The highest BCUT2D eigenvalue weighted by Crippen LogP contribution is 2.27. The number of hydrogen-bond acceptors (Lipinski definition) is 7. The van der Waals surface area contributed by atoms with Gasteiger partial charge in [-0.15, -0.1) is 0 Å². The molecule has 1 aromatic heterocycles. The Hall–Kier alpha value is -3.87. The van der Waals surface area contributed by atoms with Crippen LogP contribution < -0.4 is 5.32 Å². The quantitative estimate of drug-likeness (QED) is 0.669. The van der Waals surface area contributed by atoms with E-state index in [2.05, 4.69) is 10.3 Å². The Morgan fingerprint density at radius 2 is 1.83 bits per heavy atom. The lowest BCUT2D eigenvalue weighted by atomic mass is 10.1. The molecule has 0 aliphatic rings. The fourth-order valence-corrected chi connectivity index (χ4v) is 1.69. The summed E-state index contributed by atoms with van der Waals surface area (Å²) in [5.74, 6) is -0.588. The van der Waals surface area contributed by atoms with E-state index in [4.69, 9.17) is 5.26 Å². The third kappa shape index (κ3) is 3.42. The van der Waals surface area contributed by atoms with Crippen LogP contribution >= 0.6 is 0 Å². The van der Waals surface area contributed by atoms with Gasteiger partial charge in [-0.05, 0) is 18.2 Å². The van der Waals surface area contributed by atoms with Gasteiger partial charge in [-0.3, -0.25) is 25.0 Å². The maximum Gasteiger partial charge on any atom is 0.346 e. The molecule has 0 unspecified atom stereocenters. The van der Waals surface area contributed by atoms with Crippen LogP contribution in [-0.2, 0) is 0 Å². The van der Waals surface area contributed by atoms with Crippen LogP contribution in [0.15, 0.2) is 36.5 Å². The minimum Gasteiger partial charge on any atom is -0.307 e. The third-order valence-electron chi connectivity index (χ3n) is 2.77. The molecule has 114 valence electrons. The molecule has 0 radical (unpaired) electrons. The van der Waals surface area contributed by atoms with Gasteiger partial charge in [0.15, 0.2) is 0 Å². The maximum atomic E-state index is 12.0. The van der Waals surface area contributed by atoms with Gasteiger partial charge in [-0.25, -0.2) is 4.98 Å². The highest BCUT2D eigenvalue weighted by Gasteiger charge is 2.25. The standard InChI is InChI=1S/C13H7N5O5/c14-6-8-1-4-12(15-7-8)16-13(19)9-2-3-10(17(20)21)11(5-9)18(22)23/h1-5,7H,(H,15,16,19). The zero-order valence-electron chi connectivity index (χ0n) is 11.3. The summed E-state index contributed by atoms with van der Waals surface area (Å²) in [5.41, 5.74) is -1.32. The molecule has 2 aromatic rings. The first-order chi connectivity index (χ1) is 10.9. The number of anilines is 1. The van der Waals surface area contributed by atoms with Gasteiger partial charge in [0.1, 0.15) is 11.9 Å². The minimum absolute atomic E-state index is 0.131. The summed E-state index contributed by atoms with van der Waals surface area (Å²) in [4.78, 5) is 35.6. The maximum absolute atomic E-state index is 12.0. The summed E-state index contributed by atoms with van der Waals surface area (Å²) in [6.45, 7) is 0. The molecule has 23 heavy (non-hydrogen) atoms. The molecule has 1 aromatic carbocycles. The second-order valence-corrected chi connectivity index (χ2v) is 4.22. The van der Waals surface area contributed by atoms with E-state index in [9.17, 15) is 25.0 Å². The summed E-state index contributed by atoms with van der Waals surface area (Å²) in [6.07, 6.45) is 1.24. The SMILES string of the molecule is N#Cc1ccc(NC(=O)c2ccc([N+](=O)[O-])c([N+](=O)[O-])c2)nc1. The topological polar surface area (TPSA) is 152 Å². The largest absolute Gasteiger partial charge is 0.346 e. The van der Waals surface area contributed by atoms with Crippen molar-refractivity contribution < 1.29 is 14.6 Å². The fraction of sp³-hybridized carbons (Fsp3) is 0. The van der Waals surface area contributed by atoms with E-state index in [-0.39, 0.29) is 11.4 Å². The van der Waals surface area contributed by atoms with Crippen molar-refractivity contribution in [2.24, 2.45) is 0 Å². The van der Waals surface area contributed by atoms with Crippen LogP contribution in [0, 0.1) is 31.6 Å². The second-order valence-electron chi connectivity index (χ2n) is 4.22. The van der Waals surface area contributed by atoms with Crippen molar-refractivity contribution in [3.05, 3.63) is 67.9 Å². The molecule has 1 heterocycles. The van der Waals surface area contributed by atoms with E-state index in [0.29, 0.717) is 5.56 Å². The number of benzene rings is 1. The number of nitro groups is 2. The first-order valence-electron chi connectivity index (χ1n) is 6.02. The summed E-state index contributed by atoms with van der Waals surface area (Å²) in [6, 6.07) is 7.48. The first-order valence-corrected chi connectivity index (χ1v) is 6.02. The smallest absolute Gasteiger partial charge is 0.307 e. The number of nitrogens with one attached hydrogen (secondary N) is 1. The molecule has 0 saturated heterocycles. The Morgan fingerprint density at radius 3 is 2.35 bits per heavy atom. The average molecular weight is 313 g/mol. The van der Waals surface area contributed by atoms with Crippen molar-refractivity contribution >= 4 is 23.1 Å². The number of aromatic nitrogens is 1.